The van der Waals surface area contributed by atoms with E-state index in [0.29, 0.717) is 17.7 Å². The zero-order chi connectivity index (χ0) is 23.1. The van der Waals surface area contributed by atoms with Crippen molar-refractivity contribution in [3.05, 3.63) is 60.4 Å². The molecular formula is C21H24N4O6S. The van der Waals surface area contributed by atoms with Crippen molar-refractivity contribution >= 4 is 33.5 Å². The standard InChI is InChI=1S/C21H24N4O6S/c26-19(23-16-8-10-22-11-9-16)13-17(20(27)25-12-4-7-18(25)21(28)29)24-32(30,31)14-15-5-2-1-3-6-15/h1-3,5-6,8-11,17-18,24H,4,7,12-14H2,(H,28,29)(H,22,23,26)/t17?,18-/m0/s1. The van der Waals surface area contributed by atoms with Crippen molar-refractivity contribution in [3.8, 4) is 0 Å². The highest BCUT2D eigenvalue weighted by Crippen LogP contribution is 2.20. The summed E-state index contributed by atoms with van der Waals surface area (Å²) >= 11 is 0. The van der Waals surface area contributed by atoms with Gasteiger partial charge in [0.1, 0.15) is 12.1 Å². The highest BCUT2D eigenvalue weighted by Gasteiger charge is 2.39. The van der Waals surface area contributed by atoms with Crippen molar-refractivity contribution in [1.29, 1.82) is 0 Å². The third-order valence-electron chi connectivity index (χ3n) is 4.99. The van der Waals surface area contributed by atoms with Gasteiger partial charge in [-0.2, -0.15) is 0 Å². The summed E-state index contributed by atoms with van der Waals surface area (Å²) in [6.07, 6.45) is 3.21. The van der Waals surface area contributed by atoms with E-state index in [9.17, 15) is 27.9 Å². The van der Waals surface area contributed by atoms with E-state index in [1.165, 1.54) is 12.4 Å². The van der Waals surface area contributed by atoms with Gasteiger partial charge in [0, 0.05) is 24.6 Å². The highest BCUT2D eigenvalue weighted by molar-refractivity contribution is 7.88. The molecule has 2 aromatic rings. The molecule has 1 aromatic carbocycles. The molecule has 0 spiro atoms. The first-order valence-electron chi connectivity index (χ1n) is 10.0. The second kappa shape index (κ2) is 10.3. The van der Waals surface area contributed by atoms with Crippen molar-refractivity contribution in [3.63, 3.8) is 0 Å². The van der Waals surface area contributed by atoms with Crippen LogP contribution in [-0.4, -0.2) is 59.8 Å². The molecule has 1 aromatic heterocycles. The van der Waals surface area contributed by atoms with E-state index < -0.39 is 46.3 Å². The molecule has 1 saturated heterocycles. The fourth-order valence-electron chi connectivity index (χ4n) is 3.55. The Hall–Kier alpha value is -3.31. The van der Waals surface area contributed by atoms with E-state index in [1.54, 1.807) is 42.5 Å². The van der Waals surface area contributed by atoms with Crippen LogP contribution in [0.5, 0.6) is 0 Å². The number of aliphatic carboxylic acids is 1. The summed E-state index contributed by atoms with van der Waals surface area (Å²) in [4.78, 5) is 42.2. The van der Waals surface area contributed by atoms with Crippen molar-refractivity contribution in [1.82, 2.24) is 14.6 Å². The number of carboxylic acid groups (broad SMARTS) is 1. The Kier molecular flexibility index (Phi) is 7.54. The highest BCUT2D eigenvalue weighted by atomic mass is 32.2. The lowest BCUT2D eigenvalue weighted by atomic mass is 10.1. The molecule has 10 nitrogen and oxygen atoms in total. The number of anilines is 1. The number of nitrogens with one attached hydrogen (secondary N) is 2. The van der Waals surface area contributed by atoms with Gasteiger partial charge >= 0.3 is 5.97 Å². The number of likely N-dealkylation sites (tertiary alicyclic amines) is 1. The predicted octanol–water partition coefficient (Wildman–Crippen LogP) is 0.974. The first kappa shape index (κ1) is 23.4. The van der Waals surface area contributed by atoms with Crippen LogP contribution in [0.15, 0.2) is 54.9 Å². The number of nitrogens with zero attached hydrogens (tertiary/aromatic N) is 2. The van der Waals surface area contributed by atoms with Gasteiger partial charge in [-0.15, -0.1) is 0 Å². The molecule has 11 heteroatoms. The maximum atomic E-state index is 13.1. The molecule has 32 heavy (non-hydrogen) atoms. The lowest BCUT2D eigenvalue weighted by Gasteiger charge is -2.27. The molecule has 3 rings (SSSR count). The zero-order valence-corrected chi connectivity index (χ0v) is 18.0. The van der Waals surface area contributed by atoms with E-state index in [4.69, 9.17) is 0 Å². The third kappa shape index (κ3) is 6.34. The van der Waals surface area contributed by atoms with Crippen molar-refractivity contribution in [2.45, 2.75) is 37.1 Å². The normalized spacial score (nSPS) is 17.0. The average Bonchev–Trinajstić information content (AvgIpc) is 3.24. The third-order valence-corrected chi connectivity index (χ3v) is 6.35. The van der Waals surface area contributed by atoms with Crippen LogP contribution in [0.1, 0.15) is 24.8 Å². The molecule has 1 unspecified atom stereocenters. The number of carbonyl (C=O) groups is 3. The first-order valence-corrected chi connectivity index (χ1v) is 11.7. The number of hydrogen-bond donors (Lipinski definition) is 3. The van der Waals surface area contributed by atoms with Gasteiger partial charge < -0.3 is 15.3 Å². The first-order chi connectivity index (χ1) is 15.2. The summed E-state index contributed by atoms with van der Waals surface area (Å²) in [6, 6.07) is 9.01. The molecule has 0 aliphatic carbocycles. The molecular weight excluding hydrogens is 436 g/mol. The van der Waals surface area contributed by atoms with Gasteiger partial charge in [-0.25, -0.2) is 17.9 Å². The van der Waals surface area contributed by atoms with Crippen LogP contribution in [0.4, 0.5) is 5.69 Å². The SMILES string of the molecule is O=C(CC(NS(=O)(=O)Cc1ccccc1)C(=O)N1CCC[C@H]1C(=O)O)Nc1ccncc1. The summed E-state index contributed by atoms with van der Waals surface area (Å²) < 4.78 is 27.8. The summed E-state index contributed by atoms with van der Waals surface area (Å²) in [5.41, 5.74) is 0.949. The molecule has 2 atom stereocenters. The van der Waals surface area contributed by atoms with Crippen LogP contribution < -0.4 is 10.0 Å². The van der Waals surface area contributed by atoms with Crippen molar-refractivity contribution in [2.24, 2.45) is 0 Å². The zero-order valence-electron chi connectivity index (χ0n) is 17.2. The van der Waals surface area contributed by atoms with E-state index in [-0.39, 0.29) is 18.7 Å². The molecule has 1 aliphatic rings. The van der Waals surface area contributed by atoms with Crippen LogP contribution in [0.2, 0.25) is 0 Å². The molecule has 0 radical (unpaired) electrons. The number of amides is 2. The van der Waals surface area contributed by atoms with Gasteiger partial charge in [0.15, 0.2) is 0 Å². The maximum Gasteiger partial charge on any atom is 0.326 e. The molecule has 3 N–H and O–H groups in total. The van der Waals surface area contributed by atoms with Gasteiger partial charge in [-0.05, 0) is 30.5 Å². The smallest absolute Gasteiger partial charge is 0.326 e. The topological polar surface area (TPSA) is 146 Å². The van der Waals surface area contributed by atoms with Gasteiger partial charge in [0.25, 0.3) is 0 Å². The predicted molar refractivity (Wildman–Crippen MR) is 116 cm³/mol. The Labute approximate surface area is 185 Å². The number of hydrogen-bond acceptors (Lipinski definition) is 6. The number of carbonyl (C=O) groups excluding carboxylic acids is 2. The van der Waals surface area contributed by atoms with Gasteiger partial charge in [0.05, 0.1) is 12.2 Å². The van der Waals surface area contributed by atoms with Crippen LogP contribution in [0.25, 0.3) is 0 Å². The Morgan fingerprint density at radius 2 is 1.81 bits per heavy atom. The van der Waals surface area contributed by atoms with Crippen molar-refractivity contribution < 1.29 is 27.9 Å². The summed E-state index contributed by atoms with van der Waals surface area (Å²) in [5.74, 6) is -2.88. The Bertz CT molecular complexity index is 1060. The molecule has 1 aliphatic heterocycles. The van der Waals surface area contributed by atoms with E-state index >= 15 is 0 Å². The lowest BCUT2D eigenvalue weighted by molar-refractivity contribution is -0.149. The van der Waals surface area contributed by atoms with Gasteiger partial charge in [-0.1, -0.05) is 30.3 Å². The van der Waals surface area contributed by atoms with E-state index in [0.717, 1.165) is 4.90 Å². The Morgan fingerprint density at radius 3 is 2.47 bits per heavy atom. The second-order valence-corrected chi connectivity index (χ2v) is 9.19. The van der Waals surface area contributed by atoms with Crippen LogP contribution in [0.3, 0.4) is 0 Å². The molecule has 1 fully saturated rings. The number of rotatable bonds is 9. The Balaban J connectivity index is 1.79. The summed E-state index contributed by atoms with van der Waals surface area (Å²) in [5, 5.41) is 12.0. The summed E-state index contributed by atoms with van der Waals surface area (Å²) in [7, 11) is -4.00. The van der Waals surface area contributed by atoms with Crippen molar-refractivity contribution in [2.75, 3.05) is 11.9 Å². The molecule has 2 amide bonds. The van der Waals surface area contributed by atoms with Gasteiger partial charge in [0.2, 0.25) is 21.8 Å². The lowest BCUT2D eigenvalue weighted by Crippen LogP contribution is -2.52. The second-order valence-electron chi connectivity index (χ2n) is 7.43. The number of carboxylic acids is 1. The minimum Gasteiger partial charge on any atom is -0.480 e. The fraction of sp³-hybridized carbons (Fsp3) is 0.333. The van der Waals surface area contributed by atoms with E-state index in [2.05, 4.69) is 15.0 Å². The molecule has 2 heterocycles. The fourth-order valence-corrected chi connectivity index (χ4v) is 4.88. The Morgan fingerprint density at radius 1 is 1.12 bits per heavy atom. The largest absolute Gasteiger partial charge is 0.480 e. The van der Waals surface area contributed by atoms with Crippen LogP contribution in [0, 0.1) is 0 Å². The summed E-state index contributed by atoms with van der Waals surface area (Å²) in [6.45, 7) is 0.179. The number of pyridine rings is 1. The average molecular weight is 461 g/mol. The number of sulfonamides is 1. The molecule has 0 bridgehead atoms. The van der Waals surface area contributed by atoms with Crippen LogP contribution in [-0.2, 0) is 30.2 Å². The number of aromatic nitrogens is 1. The maximum absolute atomic E-state index is 13.1. The monoisotopic (exact) mass is 460 g/mol. The van der Waals surface area contributed by atoms with Crippen LogP contribution >= 0.6 is 0 Å². The number of benzene rings is 1. The van der Waals surface area contributed by atoms with E-state index in [1.807, 2.05) is 0 Å². The minimum atomic E-state index is -4.00. The quantitative estimate of drug-likeness (QED) is 0.505. The molecule has 0 saturated carbocycles. The van der Waals surface area contributed by atoms with Gasteiger partial charge in [-0.3, -0.25) is 14.6 Å². The minimum absolute atomic E-state index is 0.179. The molecule has 170 valence electrons.